The highest BCUT2D eigenvalue weighted by Gasteiger charge is 2.18. The monoisotopic (exact) mass is 171 g/mol. The van der Waals surface area contributed by atoms with E-state index in [4.69, 9.17) is 0 Å². The minimum Gasteiger partial charge on any atom is -0.378 e. The molecule has 0 radical (unpaired) electrons. The van der Waals surface area contributed by atoms with Gasteiger partial charge in [0, 0.05) is 13.1 Å². The van der Waals surface area contributed by atoms with E-state index in [2.05, 4.69) is 11.8 Å². The zero-order valence-corrected chi connectivity index (χ0v) is 8.13. The van der Waals surface area contributed by atoms with E-state index in [0.717, 1.165) is 19.5 Å². The second-order valence-corrected chi connectivity index (χ2v) is 3.72. The summed E-state index contributed by atoms with van der Waals surface area (Å²) < 4.78 is 0. The van der Waals surface area contributed by atoms with Crippen LogP contribution in [0.5, 0.6) is 0 Å². The lowest BCUT2D eigenvalue weighted by Crippen LogP contribution is -2.32. The normalized spacial score (nSPS) is 21.5. The predicted molar refractivity (Wildman–Crippen MR) is 51.0 cm³/mol. The highest BCUT2D eigenvalue weighted by molar-refractivity contribution is 4.68. The first-order valence-corrected chi connectivity index (χ1v) is 5.26. The summed E-state index contributed by atoms with van der Waals surface area (Å²) in [6, 6.07) is 0. The van der Waals surface area contributed by atoms with Crippen LogP contribution in [0.4, 0.5) is 0 Å². The molecule has 0 aromatic carbocycles. The Hall–Kier alpha value is -0.0800. The van der Waals surface area contributed by atoms with E-state index in [-0.39, 0.29) is 6.23 Å². The molecule has 1 rings (SSSR count). The molecule has 1 saturated heterocycles. The van der Waals surface area contributed by atoms with Crippen molar-refractivity contribution < 1.29 is 5.11 Å². The van der Waals surface area contributed by atoms with Crippen LogP contribution in [-0.2, 0) is 0 Å². The number of hydrogen-bond acceptors (Lipinski definition) is 2. The Kier molecular flexibility index (Phi) is 4.62. The van der Waals surface area contributed by atoms with Gasteiger partial charge in [-0.1, -0.05) is 19.8 Å². The van der Waals surface area contributed by atoms with Gasteiger partial charge in [0.05, 0.1) is 0 Å². The Balaban J connectivity index is 2.05. The van der Waals surface area contributed by atoms with Crippen molar-refractivity contribution in [3.63, 3.8) is 0 Å². The van der Waals surface area contributed by atoms with Crippen LogP contribution in [0.2, 0.25) is 0 Å². The van der Waals surface area contributed by atoms with Gasteiger partial charge in [0.1, 0.15) is 6.23 Å². The van der Waals surface area contributed by atoms with Gasteiger partial charge in [-0.15, -0.1) is 0 Å². The molecule has 0 amide bonds. The van der Waals surface area contributed by atoms with E-state index in [9.17, 15) is 5.11 Å². The lowest BCUT2D eigenvalue weighted by molar-refractivity contribution is 0.0122. The van der Waals surface area contributed by atoms with Crippen molar-refractivity contribution in [2.75, 3.05) is 13.1 Å². The first-order chi connectivity index (χ1) is 5.84. The molecule has 1 fully saturated rings. The molecule has 0 bridgehead atoms. The van der Waals surface area contributed by atoms with Crippen LogP contribution in [0.15, 0.2) is 0 Å². The van der Waals surface area contributed by atoms with Crippen molar-refractivity contribution in [1.29, 1.82) is 0 Å². The molecular weight excluding hydrogens is 150 g/mol. The largest absolute Gasteiger partial charge is 0.378 e. The number of aliphatic hydroxyl groups is 1. The minimum absolute atomic E-state index is 0.154. The van der Waals surface area contributed by atoms with Crippen LogP contribution >= 0.6 is 0 Å². The van der Waals surface area contributed by atoms with E-state index in [1.807, 2.05) is 0 Å². The quantitative estimate of drug-likeness (QED) is 0.639. The molecule has 0 saturated carbocycles. The van der Waals surface area contributed by atoms with Gasteiger partial charge in [0.25, 0.3) is 0 Å². The molecular formula is C10H21NO. The maximum Gasteiger partial charge on any atom is 0.107 e. The fourth-order valence-electron chi connectivity index (χ4n) is 1.80. The maximum absolute atomic E-state index is 9.70. The first-order valence-electron chi connectivity index (χ1n) is 5.26. The maximum atomic E-state index is 9.70. The van der Waals surface area contributed by atoms with Crippen LogP contribution in [0.3, 0.4) is 0 Å². The number of rotatable bonds is 5. The van der Waals surface area contributed by atoms with Crippen LogP contribution in [0, 0.1) is 0 Å². The summed E-state index contributed by atoms with van der Waals surface area (Å²) >= 11 is 0. The van der Waals surface area contributed by atoms with Crippen molar-refractivity contribution in [1.82, 2.24) is 4.90 Å². The molecule has 1 heterocycles. The number of unbranched alkanes of at least 4 members (excludes halogenated alkanes) is 2. The van der Waals surface area contributed by atoms with E-state index in [1.54, 1.807) is 0 Å². The van der Waals surface area contributed by atoms with Gasteiger partial charge in [-0.3, -0.25) is 4.90 Å². The van der Waals surface area contributed by atoms with E-state index in [1.165, 1.54) is 32.1 Å². The summed E-state index contributed by atoms with van der Waals surface area (Å²) in [5.41, 5.74) is 0. The van der Waals surface area contributed by atoms with Crippen LogP contribution < -0.4 is 0 Å². The lowest BCUT2D eigenvalue weighted by Gasteiger charge is -2.21. The van der Waals surface area contributed by atoms with Gasteiger partial charge in [0.15, 0.2) is 0 Å². The van der Waals surface area contributed by atoms with Crippen molar-refractivity contribution in [2.45, 2.75) is 51.7 Å². The molecule has 1 N–H and O–H groups in total. The van der Waals surface area contributed by atoms with Crippen LogP contribution in [0.25, 0.3) is 0 Å². The number of hydrogen-bond donors (Lipinski definition) is 1. The van der Waals surface area contributed by atoms with Gasteiger partial charge in [-0.2, -0.15) is 0 Å². The third-order valence-electron chi connectivity index (χ3n) is 2.63. The average molecular weight is 171 g/mol. The Labute approximate surface area is 75.6 Å². The molecule has 12 heavy (non-hydrogen) atoms. The summed E-state index contributed by atoms with van der Waals surface area (Å²) in [5.74, 6) is 0. The average Bonchev–Trinajstić information content (AvgIpc) is 2.56. The van der Waals surface area contributed by atoms with Gasteiger partial charge in [0.2, 0.25) is 0 Å². The van der Waals surface area contributed by atoms with Gasteiger partial charge in [-0.05, 0) is 25.7 Å². The van der Waals surface area contributed by atoms with Gasteiger partial charge in [-0.25, -0.2) is 0 Å². The van der Waals surface area contributed by atoms with Gasteiger partial charge < -0.3 is 5.11 Å². The van der Waals surface area contributed by atoms with E-state index >= 15 is 0 Å². The SMILES string of the molecule is CCCCCC(O)N1CCCC1. The zero-order chi connectivity index (χ0) is 8.81. The summed E-state index contributed by atoms with van der Waals surface area (Å²) in [6.45, 7) is 4.41. The third kappa shape index (κ3) is 3.11. The molecule has 0 aromatic rings. The Bertz CT molecular complexity index is 110. The lowest BCUT2D eigenvalue weighted by atomic mass is 10.2. The summed E-state index contributed by atoms with van der Waals surface area (Å²) in [4.78, 5) is 2.20. The van der Waals surface area contributed by atoms with Crippen molar-refractivity contribution in [3.05, 3.63) is 0 Å². The van der Waals surface area contributed by atoms with Crippen LogP contribution in [-0.4, -0.2) is 29.3 Å². The topological polar surface area (TPSA) is 23.5 Å². The summed E-state index contributed by atoms with van der Waals surface area (Å²) in [7, 11) is 0. The van der Waals surface area contributed by atoms with Gasteiger partial charge >= 0.3 is 0 Å². The van der Waals surface area contributed by atoms with Crippen molar-refractivity contribution in [2.24, 2.45) is 0 Å². The Morgan fingerprint density at radius 2 is 1.92 bits per heavy atom. The third-order valence-corrected chi connectivity index (χ3v) is 2.63. The Morgan fingerprint density at radius 3 is 2.50 bits per heavy atom. The molecule has 1 unspecified atom stereocenters. The van der Waals surface area contributed by atoms with E-state index < -0.39 is 0 Å². The van der Waals surface area contributed by atoms with Crippen molar-refractivity contribution >= 4 is 0 Å². The molecule has 2 heteroatoms. The minimum atomic E-state index is -0.154. The molecule has 0 spiro atoms. The Morgan fingerprint density at radius 1 is 1.25 bits per heavy atom. The standard InChI is InChI=1S/C10H21NO/c1-2-3-4-7-10(12)11-8-5-6-9-11/h10,12H,2-9H2,1H3. The first kappa shape index (κ1) is 10.0. The number of likely N-dealkylation sites (tertiary alicyclic amines) is 1. The molecule has 1 atom stereocenters. The number of aliphatic hydroxyl groups excluding tert-OH is 1. The zero-order valence-electron chi connectivity index (χ0n) is 8.13. The molecule has 0 aliphatic carbocycles. The predicted octanol–water partition coefficient (Wildman–Crippen LogP) is 1.98. The fourth-order valence-corrected chi connectivity index (χ4v) is 1.80. The molecule has 2 nitrogen and oxygen atoms in total. The molecule has 1 aliphatic rings. The smallest absolute Gasteiger partial charge is 0.107 e. The number of nitrogens with zero attached hydrogens (tertiary/aromatic N) is 1. The molecule has 0 aromatic heterocycles. The highest BCUT2D eigenvalue weighted by atomic mass is 16.3. The van der Waals surface area contributed by atoms with Crippen molar-refractivity contribution in [3.8, 4) is 0 Å². The summed E-state index contributed by atoms with van der Waals surface area (Å²) in [5, 5.41) is 9.70. The van der Waals surface area contributed by atoms with Crippen LogP contribution in [0.1, 0.15) is 45.4 Å². The summed E-state index contributed by atoms with van der Waals surface area (Å²) in [6.07, 6.45) is 7.02. The molecule has 1 aliphatic heterocycles. The van der Waals surface area contributed by atoms with E-state index in [0.29, 0.717) is 0 Å². The second-order valence-electron chi connectivity index (χ2n) is 3.72. The molecule has 72 valence electrons. The highest BCUT2D eigenvalue weighted by Crippen LogP contribution is 2.14. The second kappa shape index (κ2) is 5.55. The fraction of sp³-hybridized carbons (Fsp3) is 1.00.